The van der Waals surface area contributed by atoms with Gasteiger partial charge in [-0.1, -0.05) is 6.07 Å². The zero-order chi connectivity index (χ0) is 17.0. The molecule has 0 bridgehead atoms. The first-order valence-electron chi connectivity index (χ1n) is 7.73. The van der Waals surface area contributed by atoms with Crippen LogP contribution in [-0.2, 0) is 4.74 Å². The van der Waals surface area contributed by atoms with Crippen LogP contribution < -0.4 is 4.90 Å². The van der Waals surface area contributed by atoms with Crippen molar-refractivity contribution in [3.05, 3.63) is 34.4 Å². The molecule has 1 amide bonds. The Balaban J connectivity index is 2.02. The number of rotatable bonds is 2. The Morgan fingerprint density at radius 3 is 2.61 bits per heavy atom. The van der Waals surface area contributed by atoms with Crippen molar-refractivity contribution in [2.75, 3.05) is 31.1 Å². The number of benzene rings is 1. The Kier molecular flexibility index (Phi) is 5.08. The van der Waals surface area contributed by atoms with Gasteiger partial charge >= 0.3 is 6.09 Å². The highest BCUT2D eigenvalue weighted by Crippen LogP contribution is 2.22. The largest absolute Gasteiger partial charge is 0.444 e. The minimum Gasteiger partial charge on any atom is -0.444 e. The third kappa shape index (κ3) is 4.84. The van der Waals surface area contributed by atoms with Crippen LogP contribution in [0.5, 0.6) is 0 Å². The molecule has 0 N–H and O–H groups in total. The molecule has 7 nitrogen and oxygen atoms in total. The predicted octanol–water partition coefficient (Wildman–Crippen LogP) is 3.04. The molecule has 0 aromatic heterocycles. The lowest BCUT2D eigenvalue weighted by Gasteiger charge is -2.26. The van der Waals surface area contributed by atoms with Gasteiger partial charge < -0.3 is 14.5 Å². The van der Waals surface area contributed by atoms with Crippen LogP contribution in [0.25, 0.3) is 0 Å². The number of carbonyl (C=O) groups is 1. The van der Waals surface area contributed by atoms with Crippen molar-refractivity contribution >= 4 is 17.5 Å². The molecule has 0 radical (unpaired) electrons. The monoisotopic (exact) mass is 321 g/mol. The molecule has 2 rings (SSSR count). The molecule has 7 heteroatoms. The number of nitrogens with zero attached hydrogens (tertiary/aromatic N) is 3. The van der Waals surface area contributed by atoms with Gasteiger partial charge in [0.25, 0.3) is 5.69 Å². The maximum absolute atomic E-state index is 12.1. The molecule has 1 aliphatic heterocycles. The van der Waals surface area contributed by atoms with E-state index >= 15 is 0 Å². The summed E-state index contributed by atoms with van der Waals surface area (Å²) in [5.74, 6) is 0. The minimum absolute atomic E-state index is 0.0794. The fourth-order valence-electron chi connectivity index (χ4n) is 2.49. The zero-order valence-corrected chi connectivity index (χ0v) is 13.8. The summed E-state index contributed by atoms with van der Waals surface area (Å²) in [5, 5.41) is 10.9. The Bertz CT molecular complexity index is 583. The molecule has 0 unspecified atom stereocenters. The Morgan fingerprint density at radius 2 is 1.96 bits per heavy atom. The van der Waals surface area contributed by atoms with Crippen molar-refractivity contribution in [2.24, 2.45) is 0 Å². The van der Waals surface area contributed by atoms with E-state index in [1.807, 2.05) is 26.8 Å². The second-order valence-electron chi connectivity index (χ2n) is 6.58. The van der Waals surface area contributed by atoms with Gasteiger partial charge in [0.1, 0.15) is 5.60 Å². The highest BCUT2D eigenvalue weighted by Gasteiger charge is 2.24. The molecular weight excluding hydrogens is 298 g/mol. The number of hydrogen-bond donors (Lipinski definition) is 0. The summed E-state index contributed by atoms with van der Waals surface area (Å²) in [7, 11) is 0. The van der Waals surface area contributed by atoms with Crippen LogP contribution in [0.3, 0.4) is 0 Å². The van der Waals surface area contributed by atoms with Gasteiger partial charge in [-0.3, -0.25) is 10.1 Å². The van der Waals surface area contributed by atoms with Crippen molar-refractivity contribution in [1.82, 2.24) is 4.90 Å². The lowest BCUT2D eigenvalue weighted by Crippen LogP contribution is -2.39. The van der Waals surface area contributed by atoms with Crippen LogP contribution >= 0.6 is 0 Å². The summed E-state index contributed by atoms with van der Waals surface area (Å²) in [5.41, 5.74) is 0.379. The van der Waals surface area contributed by atoms with Gasteiger partial charge in [0.05, 0.1) is 4.92 Å². The number of non-ortho nitro benzene ring substituents is 1. The molecule has 0 atom stereocenters. The molecule has 1 heterocycles. The van der Waals surface area contributed by atoms with Gasteiger partial charge in [-0.15, -0.1) is 0 Å². The summed E-state index contributed by atoms with van der Waals surface area (Å²) in [6.45, 7) is 8.08. The summed E-state index contributed by atoms with van der Waals surface area (Å²) in [4.78, 5) is 26.4. The third-order valence-electron chi connectivity index (χ3n) is 3.55. The zero-order valence-electron chi connectivity index (χ0n) is 13.8. The SMILES string of the molecule is CC(C)(C)OC(=O)N1CCCN(c2cccc([N+](=O)[O-])c2)CC1. The Morgan fingerprint density at radius 1 is 1.22 bits per heavy atom. The van der Waals surface area contributed by atoms with E-state index in [-0.39, 0.29) is 11.8 Å². The van der Waals surface area contributed by atoms with Crippen molar-refractivity contribution < 1.29 is 14.5 Å². The molecule has 23 heavy (non-hydrogen) atoms. The third-order valence-corrected chi connectivity index (χ3v) is 3.55. The van der Waals surface area contributed by atoms with E-state index in [0.29, 0.717) is 19.6 Å². The van der Waals surface area contributed by atoms with E-state index in [1.165, 1.54) is 6.07 Å². The molecule has 0 saturated carbocycles. The fourth-order valence-corrected chi connectivity index (χ4v) is 2.49. The molecule has 0 spiro atoms. The standard InChI is InChI=1S/C16H23N3O4/c1-16(2,3)23-15(20)18-9-5-8-17(10-11-18)13-6-4-7-14(12-13)19(21)22/h4,6-7,12H,5,8-11H2,1-3H3. The van der Waals surface area contributed by atoms with Crippen LogP contribution in [0.15, 0.2) is 24.3 Å². The van der Waals surface area contributed by atoms with Crippen molar-refractivity contribution in [1.29, 1.82) is 0 Å². The number of nitro groups is 1. The molecule has 1 saturated heterocycles. The maximum atomic E-state index is 12.1. The minimum atomic E-state index is -0.511. The van der Waals surface area contributed by atoms with Gasteiger partial charge in [0.2, 0.25) is 0 Å². The predicted molar refractivity (Wildman–Crippen MR) is 87.7 cm³/mol. The Labute approximate surface area is 136 Å². The van der Waals surface area contributed by atoms with Gasteiger partial charge in [0.15, 0.2) is 0 Å². The average molecular weight is 321 g/mol. The second kappa shape index (κ2) is 6.85. The van der Waals surface area contributed by atoms with E-state index in [0.717, 1.165) is 18.7 Å². The van der Waals surface area contributed by atoms with Crippen molar-refractivity contribution in [2.45, 2.75) is 32.8 Å². The Hall–Kier alpha value is -2.31. The van der Waals surface area contributed by atoms with Crippen LogP contribution in [0, 0.1) is 10.1 Å². The molecule has 126 valence electrons. The van der Waals surface area contributed by atoms with Crippen molar-refractivity contribution in [3.8, 4) is 0 Å². The van der Waals surface area contributed by atoms with E-state index < -0.39 is 10.5 Å². The number of hydrogen-bond acceptors (Lipinski definition) is 5. The second-order valence-corrected chi connectivity index (χ2v) is 6.58. The van der Waals surface area contributed by atoms with E-state index in [4.69, 9.17) is 4.74 Å². The lowest BCUT2D eigenvalue weighted by atomic mass is 10.2. The van der Waals surface area contributed by atoms with Gasteiger partial charge in [-0.25, -0.2) is 4.79 Å². The topological polar surface area (TPSA) is 75.9 Å². The maximum Gasteiger partial charge on any atom is 0.410 e. The summed E-state index contributed by atoms with van der Waals surface area (Å²) in [6.07, 6.45) is 0.487. The van der Waals surface area contributed by atoms with Crippen LogP contribution in [0.4, 0.5) is 16.2 Å². The first-order valence-corrected chi connectivity index (χ1v) is 7.73. The number of amides is 1. The highest BCUT2D eigenvalue weighted by atomic mass is 16.6. The molecule has 1 aromatic rings. The highest BCUT2D eigenvalue weighted by molar-refractivity contribution is 5.68. The number of ether oxygens (including phenoxy) is 1. The lowest BCUT2D eigenvalue weighted by molar-refractivity contribution is -0.384. The number of nitro benzene ring substituents is 1. The summed E-state index contributed by atoms with van der Waals surface area (Å²) >= 11 is 0. The number of carbonyl (C=O) groups excluding carboxylic acids is 1. The van der Waals surface area contributed by atoms with Gasteiger partial charge in [-0.05, 0) is 33.3 Å². The number of anilines is 1. The van der Waals surface area contributed by atoms with E-state index in [9.17, 15) is 14.9 Å². The van der Waals surface area contributed by atoms with Gasteiger partial charge in [0, 0.05) is 44.0 Å². The van der Waals surface area contributed by atoms with Crippen LogP contribution in [-0.4, -0.2) is 47.7 Å². The molecule has 0 aliphatic carbocycles. The van der Waals surface area contributed by atoms with Gasteiger partial charge in [-0.2, -0.15) is 0 Å². The van der Waals surface area contributed by atoms with E-state index in [2.05, 4.69) is 4.90 Å². The first kappa shape index (κ1) is 17.1. The fraction of sp³-hybridized carbons (Fsp3) is 0.562. The summed E-state index contributed by atoms with van der Waals surface area (Å²) < 4.78 is 5.40. The summed E-state index contributed by atoms with van der Waals surface area (Å²) in [6, 6.07) is 6.59. The van der Waals surface area contributed by atoms with Crippen LogP contribution in [0.1, 0.15) is 27.2 Å². The first-order chi connectivity index (χ1) is 10.8. The van der Waals surface area contributed by atoms with Crippen LogP contribution in [0.2, 0.25) is 0 Å². The molecule has 1 fully saturated rings. The average Bonchev–Trinajstić information content (AvgIpc) is 2.71. The molecule has 1 aliphatic rings. The van der Waals surface area contributed by atoms with Crippen molar-refractivity contribution in [3.63, 3.8) is 0 Å². The smallest absolute Gasteiger partial charge is 0.410 e. The molecular formula is C16H23N3O4. The van der Waals surface area contributed by atoms with E-state index in [1.54, 1.807) is 17.0 Å². The molecule has 1 aromatic carbocycles. The normalized spacial score (nSPS) is 16.0. The quantitative estimate of drug-likeness (QED) is 0.618.